The Kier molecular flexibility index (Phi) is 7.16. The van der Waals surface area contributed by atoms with Gasteiger partial charge in [-0.2, -0.15) is 10.2 Å². The molecule has 0 radical (unpaired) electrons. The van der Waals surface area contributed by atoms with Gasteiger partial charge in [0, 0.05) is 24.9 Å². The van der Waals surface area contributed by atoms with Gasteiger partial charge in [0.05, 0.1) is 30.4 Å². The molecule has 6 rings (SSSR count). The van der Waals surface area contributed by atoms with Gasteiger partial charge in [-0.3, -0.25) is 19.0 Å². The molecule has 1 aliphatic carbocycles. The molecule has 1 amide bonds. The van der Waals surface area contributed by atoms with Crippen molar-refractivity contribution in [3.05, 3.63) is 73.9 Å². The molecule has 0 unspecified atom stereocenters. The lowest BCUT2D eigenvalue weighted by molar-refractivity contribution is -0.125. The molecule has 1 aromatic carbocycles. The molecule has 41 heavy (non-hydrogen) atoms. The normalized spacial score (nSPS) is 18.8. The fourth-order valence-corrected chi connectivity index (χ4v) is 6.97. The number of aryl methyl sites for hydroxylation is 2. The van der Waals surface area contributed by atoms with Gasteiger partial charge in [0.25, 0.3) is 5.56 Å². The second-order valence-electron chi connectivity index (χ2n) is 10.6. The molecule has 1 saturated carbocycles. The van der Waals surface area contributed by atoms with Crippen LogP contribution < -0.4 is 16.6 Å². The molecule has 214 valence electrons. The number of thiophene rings is 1. The van der Waals surface area contributed by atoms with Crippen molar-refractivity contribution < 1.29 is 18.7 Å². The molecule has 4 heterocycles. The summed E-state index contributed by atoms with van der Waals surface area (Å²) in [6.45, 7) is 3.92. The highest BCUT2D eigenvalue weighted by Crippen LogP contribution is 2.34. The molecule has 4 aromatic rings. The summed E-state index contributed by atoms with van der Waals surface area (Å²) < 4.78 is 23.5. The Bertz CT molecular complexity index is 1770. The summed E-state index contributed by atoms with van der Waals surface area (Å²) in [5.74, 6) is -0.656. The number of Topliss-reactive ketones (excluding diaryl/α,β-unsaturated/α-hetero) is 1. The number of amides is 1. The Hall–Kier alpha value is -3.97. The number of nitrogens with zero attached hydrogens (tertiary/aromatic N) is 5. The summed E-state index contributed by atoms with van der Waals surface area (Å²) >= 11 is 1.19. The number of carbonyl (C=O) groups is 2. The largest absolute Gasteiger partial charge is 0.368 e. The van der Waals surface area contributed by atoms with Gasteiger partial charge in [-0.25, -0.2) is 13.8 Å². The number of ether oxygens (including phenoxy) is 1. The van der Waals surface area contributed by atoms with Gasteiger partial charge < -0.3 is 10.1 Å². The SMILES string of the molecule is Cc1ccc(F)cc1[C@H](Cn1c(=O)n([C@@H]2CCNC2=O)c(=O)c2c(C)c(-n3nccn3)sc21)OC1CCC(=O)CC1. The van der Waals surface area contributed by atoms with E-state index in [9.17, 15) is 23.6 Å². The van der Waals surface area contributed by atoms with E-state index in [1.807, 2.05) is 6.92 Å². The Balaban J connectivity index is 1.55. The first kappa shape index (κ1) is 27.2. The fraction of sp³-hybridized carbons (Fsp3) is 0.429. The van der Waals surface area contributed by atoms with Crippen molar-refractivity contribution in [2.24, 2.45) is 0 Å². The summed E-state index contributed by atoms with van der Waals surface area (Å²) in [6.07, 6.45) is 4.17. The van der Waals surface area contributed by atoms with E-state index in [0.29, 0.717) is 65.0 Å². The topological polar surface area (TPSA) is 130 Å². The van der Waals surface area contributed by atoms with Crippen LogP contribution in [0.4, 0.5) is 4.39 Å². The predicted molar refractivity (Wildman–Crippen MR) is 149 cm³/mol. The van der Waals surface area contributed by atoms with E-state index in [1.165, 1.54) is 45.2 Å². The number of benzene rings is 1. The van der Waals surface area contributed by atoms with Crippen LogP contribution in [0.1, 0.15) is 60.9 Å². The first-order valence-corrected chi connectivity index (χ1v) is 14.4. The second-order valence-corrected chi connectivity index (χ2v) is 11.5. The Labute approximate surface area is 237 Å². The molecule has 0 spiro atoms. The van der Waals surface area contributed by atoms with Crippen LogP contribution in [0, 0.1) is 19.7 Å². The van der Waals surface area contributed by atoms with Gasteiger partial charge in [-0.15, -0.1) is 4.80 Å². The van der Waals surface area contributed by atoms with Crippen LogP contribution >= 0.6 is 11.3 Å². The van der Waals surface area contributed by atoms with Gasteiger partial charge in [0.15, 0.2) is 0 Å². The van der Waals surface area contributed by atoms with Crippen molar-refractivity contribution in [3.8, 4) is 5.00 Å². The van der Waals surface area contributed by atoms with Gasteiger partial charge in [0.2, 0.25) is 5.91 Å². The number of nitrogens with one attached hydrogen (secondary N) is 1. The minimum absolute atomic E-state index is 0.0371. The molecule has 2 aliphatic rings. The van der Waals surface area contributed by atoms with Crippen molar-refractivity contribution >= 4 is 33.2 Å². The van der Waals surface area contributed by atoms with Crippen LogP contribution in [0.5, 0.6) is 0 Å². The minimum Gasteiger partial charge on any atom is -0.368 e. The quantitative estimate of drug-likeness (QED) is 0.356. The van der Waals surface area contributed by atoms with Gasteiger partial charge in [0.1, 0.15) is 33.6 Å². The van der Waals surface area contributed by atoms with Crippen molar-refractivity contribution in [1.29, 1.82) is 0 Å². The van der Waals surface area contributed by atoms with Crippen LogP contribution in [0.2, 0.25) is 0 Å². The second kappa shape index (κ2) is 10.8. The van der Waals surface area contributed by atoms with Gasteiger partial charge in [-0.1, -0.05) is 17.4 Å². The molecule has 2 fully saturated rings. The predicted octanol–water partition coefficient (Wildman–Crippen LogP) is 2.89. The number of aromatic nitrogens is 5. The standard InChI is InChI=1S/C28H29FN6O5S/c1-15-3-4-17(29)13-20(15)22(40-19-7-5-18(36)6-8-19)14-33-27-23(16(2)26(41-27)35-31-11-12-32-35)25(38)34(28(33)39)21-9-10-30-24(21)37/h3-4,11-13,19,21-22H,5-10,14H2,1-2H3,(H,30,37)/t21-,22+/m1/s1. The molecule has 1 aliphatic heterocycles. The molecule has 2 atom stereocenters. The number of rotatable bonds is 7. The fourth-order valence-electron chi connectivity index (χ4n) is 5.75. The number of carbonyl (C=O) groups excluding carboxylic acids is 2. The average molecular weight is 581 g/mol. The Morgan fingerprint density at radius 1 is 1.10 bits per heavy atom. The van der Waals surface area contributed by atoms with Crippen LogP contribution in [0.25, 0.3) is 15.2 Å². The average Bonchev–Trinajstić information content (AvgIpc) is 3.70. The van der Waals surface area contributed by atoms with Crippen LogP contribution in [-0.2, 0) is 20.9 Å². The smallest absolute Gasteiger partial charge is 0.332 e. The lowest BCUT2D eigenvalue weighted by Gasteiger charge is -2.29. The maximum atomic E-state index is 14.5. The minimum atomic E-state index is -0.948. The molecular formula is C28H29FN6O5S. The lowest BCUT2D eigenvalue weighted by Crippen LogP contribution is -2.44. The number of ketones is 1. The summed E-state index contributed by atoms with van der Waals surface area (Å²) in [6, 6.07) is 3.47. The third-order valence-corrected chi connectivity index (χ3v) is 9.21. The summed E-state index contributed by atoms with van der Waals surface area (Å²) in [7, 11) is 0. The van der Waals surface area contributed by atoms with Crippen LogP contribution in [0.15, 0.2) is 40.2 Å². The monoisotopic (exact) mass is 580 g/mol. The van der Waals surface area contributed by atoms with E-state index >= 15 is 0 Å². The lowest BCUT2D eigenvalue weighted by atomic mass is 9.95. The third-order valence-electron chi connectivity index (χ3n) is 7.93. The third kappa shape index (κ3) is 4.93. The Morgan fingerprint density at radius 3 is 2.51 bits per heavy atom. The number of halogens is 1. The first-order valence-electron chi connectivity index (χ1n) is 13.6. The molecule has 1 N–H and O–H groups in total. The zero-order chi connectivity index (χ0) is 28.8. The highest BCUT2D eigenvalue weighted by Gasteiger charge is 2.33. The highest BCUT2D eigenvalue weighted by molar-refractivity contribution is 7.21. The molecule has 3 aromatic heterocycles. The summed E-state index contributed by atoms with van der Waals surface area (Å²) in [5, 5.41) is 12.0. The maximum absolute atomic E-state index is 14.5. The Morgan fingerprint density at radius 2 is 1.83 bits per heavy atom. The summed E-state index contributed by atoms with van der Waals surface area (Å²) in [5.41, 5.74) is 0.727. The van der Waals surface area contributed by atoms with Crippen molar-refractivity contribution in [1.82, 2.24) is 29.4 Å². The van der Waals surface area contributed by atoms with Crippen molar-refractivity contribution in [2.75, 3.05) is 6.54 Å². The maximum Gasteiger partial charge on any atom is 0.332 e. The molecule has 13 heteroatoms. The van der Waals surface area contributed by atoms with Gasteiger partial charge >= 0.3 is 5.69 Å². The van der Waals surface area contributed by atoms with Crippen LogP contribution in [-0.4, -0.2) is 48.5 Å². The molecule has 11 nitrogen and oxygen atoms in total. The van der Waals surface area contributed by atoms with Crippen LogP contribution in [0.3, 0.4) is 0 Å². The van der Waals surface area contributed by atoms with Crippen molar-refractivity contribution in [2.45, 2.75) is 70.7 Å². The van der Waals surface area contributed by atoms with E-state index in [4.69, 9.17) is 4.74 Å². The van der Waals surface area contributed by atoms with Gasteiger partial charge in [-0.05, 0) is 56.4 Å². The summed E-state index contributed by atoms with van der Waals surface area (Å²) in [4.78, 5) is 54.3. The highest BCUT2D eigenvalue weighted by atomic mass is 32.1. The molecule has 1 saturated heterocycles. The van der Waals surface area contributed by atoms with E-state index in [0.717, 1.165) is 10.1 Å². The zero-order valence-corrected chi connectivity index (χ0v) is 23.4. The van der Waals surface area contributed by atoms with E-state index < -0.39 is 35.1 Å². The number of fused-ring (bicyclic) bond motifs is 1. The number of hydrogen-bond acceptors (Lipinski definition) is 8. The zero-order valence-electron chi connectivity index (χ0n) is 22.6. The van der Waals surface area contributed by atoms with E-state index in [1.54, 1.807) is 13.0 Å². The van der Waals surface area contributed by atoms with E-state index in [2.05, 4.69) is 15.5 Å². The number of hydrogen-bond donors (Lipinski definition) is 1. The van der Waals surface area contributed by atoms with Crippen molar-refractivity contribution in [3.63, 3.8) is 0 Å². The first-order chi connectivity index (χ1) is 19.7. The molecular weight excluding hydrogens is 551 g/mol. The molecule has 0 bridgehead atoms. The van der Waals surface area contributed by atoms with E-state index in [-0.39, 0.29) is 18.4 Å².